The summed E-state index contributed by atoms with van der Waals surface area (Å²) in [6.45, 7) is 1.92. The van der Waals surface area contributed by atoms with E-state index < -0.39 is 0 Å². The molecule has 0 fully saturated rings. The van der Waals surface area contributed by atoms with E-state index in [1.165, 1.54) is 0 Å². The van der Waals surface area contributed by atoms with Crippen LogP contribution in [-0.4, -0.2) is 6.04 Å². The highest BCUT2D eigenvalue weighted by atomic mass is 35.5. The fourth-order valence-corrected chi connectivity index (χ4v) is 1.41. The van der Waals surface area contributed by atoms with Crippen LogP contribution in [0.4, 0.5) is 5.69 Å². The Balaban J connectivity index is 2.76. The number of nitriles is 1. The first-order valence-corrected chi connectivity index (χ1v) is 4.97. The van der Waals surface area contributed by atoms with E-state index in [0.29, 0.717) is 16.5 Å². The van der Waals surface area contributed by atoms with Gasteiger partial charge in [-0.1, -0.05) is 23.2 Å². The van der Waals surface area contributed by atoms with Crippen molar-refractivity contribution in [1.29, 1.82) is 5.26 Å². The summed E-state index contributed by atoms with van der Waals surface area (Å²) in [6.07, 6.45) is 0.433. The summed E-state index contributed by atoms with van der Waals surface area (Å²) in [6, 6.07) is 7.35. The predicted octanol–water partition coefficient (Wildman–Crippen LogP) is 3.71. The highest BCUT2D eigenvalue weighted by Crippen LogP contribution is 2.26. The Hall–Kier alpha value is -0.910. The maximum absolute atomic E-state index is 8.49. The Labute approximate surface area is 93.4 Å². The van der Waals surface area contributed by atoms with Gasteiger partial charge in [-0.15, -0.1) is 0 Å². The van der Waals surface area contributed by atoms with Gasteiger partial charge in [0.15, 0.2) is 0 Å². The van der Waals surface area contributed by atoms with Crippen LogP contribution in [0.25, 0.3) is 0 Å². The molecule has 0 aliphatic carbocycles. The first-order valence-electron chi connectivity index (χ1n) is 4.22. The highest BCUT2D eigenvalue weighted by molar-refractivity contribution is 6.35. The molecule has 14 heavy (non-hydrogen) atoms. The van der Waals surface area contributed by atoms with Gasteiger partial charge in [0.25, 0.3) is 0 Å². The Bertz CT molecular complexity index is 358. The second kappa shape index (κ2) is 5.09. The minimum absolute atomic E-state index is 0.0657. The summed E-state index contributed by atoms with van der Waals surface area (Å²) in [4.78, 5) is 0. The fourth-order valence-electron chi connectivity index (χ4n) is 1.06. The maximum atomic E-state index is 8.49. The lowest BCUT2D eigenvalue weighted by Crippen LogP contribution is -2.14. The van der Waals surface area contributed by atoms with Gasteiger partial charge in [-0.3, -0.25) is 0 Å². The molecule has 0 aromatic heterocycles. The van der Waals surface area contributed by atoms with Crippen molar-refractivity contribution in [2.75, 3.05) is 5.32 Å². The van der Waals surface area contributed by atoms with Crippen LogP contribution in [-0.2, 0) is 0 Å². The molecular formula is C10H10Cl2N2. The second-order valence-electron chi connectivity index (χ2n) is 3.03. The van der Waals surface area contributed by atoms with Gasteiger partial charge in [-0.2, -0.15) is 5.26 Å². The van der Waals surface area contributed by atoms with Crippen LogP contribution in [0.15, 0.2) is 18.2 Å². The van der Waals surface area contributed by atoms with Gasteiger partial charge in [-0.25, -0.2) is 0 Å². The smallest absolute Gasteiger partial charge is 0.0643 e. The van der Waals surface area contributed by atoms with E-state index in [9.17, 15) is 0 Å². The molecule has 0 aliphatic heterocycles. The van der Waals surface area contributed by atoms with Gasteiger partial charge >= 0.3 is 0 Å². The van der Waals surface area contributed by atoms with E-state index >= 15 is 0 Å². The fraction of sp³-hybridized carbons (Fsp3) is 0.300. The van der Waals surface area contributed by atoms with Crippen molar-refractivity contribution in [2.45, 2.75) is 19.4 Å². The lowest BCUT2D eigenvalue weighted by molar-refractivity contribution is 0.821. The predicted molar refractivity (Wildman–Crippen MR) is 59.8 cm³/mol. The van der Waals surface area contributed by atoms with Gasteiger partial charge in [-0.05, 0) is 25.1 Å². The third-order valence-corrected chi connectivity index (χ3v) is 2.29. The molecule has 1 N–H and O–H groups in total. The topological polar surface area (TPSA) is 35.8 Å². The largest absolute Gasteiger partial charge is 0.380 e. The zero-order valence-corrected chi connectivity index (χ0v) is 9.23. The first kappa shape index (κ1) is 11.2. The number of nitrogens with one attached hydrogen (secondary N) is 1. The molecule has 0 bridgehead atoms. The molecule has 0 aliphatic rings. The van der Waals surface area contributed by atoms with Gasteiger partial charge < -0.3 is 5.32 Å². The number of hydrogen-bond acceptors (Lipinski definition) is 2. The Morgan fingerprint density at radius 1 is 1.50 bits per heavy atom. The Morgan fingerprint density at radius 2 is 2.21 bits per heavy atom. The molecule has 1 unspecified atom stereocenters. The third-order valence-electron chi connectivity index (χ3n) is 1.73. The van der Waals surface area contributed by atoms with Crippen molar-refractivity contribution in [3.05, 3.63) is 28.2 Å². The van der Waals surface area contributed by atoms with Crippen molar-refractivity contribution in [2.24, 2.45) is 0 Å². The monoisotopic (exact) mass is 228 g/mol. The van der Waals surface area contributed by atoms with Gasteiger partial charge in [0.05, 0.1) is 23.2 Å². The van der Waals surface area contributed by atoms with Crippen molar-refractivity contribution >= 4 is 28.9 Å². The molecule has 1 atom stereocenters. The van der Waals surface area contributed by atoms with Gasteiger partial charge in [0, 0.05) is 11.1 Å². The molecule has 0 radical (unpaired) electrons. The minimum atomic E-state index is 0.0657. The number of nitrogens with zero attached hydrogens (tertiary/aromatic N) is 1. The van der Waals surface area contributed by atoms with Crippen LogP contribution in [0.1, 0.15) is 13.3 Å². The van der Waals surface area contributed by atoms with Gasteiger partial charge in [0.2, 0.25) is 0 Å². The summed E-state index contributed by atoms with van der Waals surface area (Å²) in [7, 11) is 0. The molecule has 0 saturated carbocycles. The number of hydrogen-bond donors (Lipinski definition) is 1. The number of halogens is 2. The maximum Gasteiger partial charge on any atom is 0.0643 e. The quantitative estimate of drug-likeness (QED) is 0.857. The molecule has 0 amide bonds. The summed E-state index contributed by atoms with van der Waals surface area (Å²) >= 11 is 11.8. The van der Waals surface area contributed by atoms with Gasteiger partial charge in [0.1, 0.15) is 0 Å². The van der Waals surface area contributed by atoms with Crippen LogP contribution in [0.2, 0.25) is 10.0 Å². The van der Waals surface area contributed by atoms with Crippen LogP contribution in [0, 0.1) is 11.3 Å². The Morgan fingerprint density at radius 3 is 2.86 bits per heavy atom. The van der Waals surface area contributed by atoms with E-state index in [1.807, 2.05) is 6.92 Å². The van der Waals surface area contributed by atoms with Crippen molar-refractivity contribution in [3.8, 4) is 6.07 Å². The third kappa shape index (κ3) is 3.10. The van der Waals surface area contributed by atoms with Crippen LogP contribution in [0.3, 0.4) is 0 Å². The minimum Gasteiger partial charge on any atom is -0.380 e. The molecule has 0 spiro atoms. The standard InChI is InChI=1S/C10H10Cl2N2/c1-7(4-5-13)14-10-6-8(11)2-3-9(10)12/h2-3,6-7,14H,4H2,1H3. The zero-order chi connectivity index (χ0) is 10.6. The molecule has 4 heteroatoms. The normalized spacial score (nSPS) is 11.9. The van der Waals surface area contributed by atoms with Crippen molar-refractivity contribution in [3.63, 3.8) is 0 Å². The Kier molecular flexibility index (Phi) is 4.06. The lowest BCUT2D eigenvalue weighted by Gasteiger charge is -2.13. The summed E-state index contributed by atoms with van der Waals surface area (Å²) in [5.74, 6) is 0. The van der Waals surface area contributed by atoms with Crippen molar-refractivity contribution in [1.82, 2.24) is 0 Å². The zero-order valence-electron chi connectivity index (χ0n) is 7.72. The van der Waals surface area contributed by atoms with E-state index in [-0.39, 0.29) is 6.04 Å². The average molecular weight is 229 g/mol. The van der Waals surface area contributed by atoms with E-state index in [1.54, 1.807) is 18.2 Å². The van der Waals surface area contributed by atoms with Crippen molar-refractivity contribution < 1.29 is 0 Å². The number of benzene rings is 1. The number of rotatable bonds is 3. The van der Waals surface area contributed by atoms with Crippen LogP contribution < -0.4 is 5.32 Å². The summed E-state index contributed by atoms with van der Waals surface area (Å²) in [5, 5.41) is 12.8. The van der Waals surface area contributed by atoms with Crippen LogP contribution in [0.5, 0.6) is 0 Å². The lowest BCUT2D eigenvalue weighted by atomic mass is 10.2. The SMILES string of the molecule is CC(CC#N)Nc1cc(Cl)ccc1Cl. The second-order valence-corrected chi connectivity index (χ2v) is 3.88. The van der Waals surface area contributed by atoms with E-state index in [2.05, 4.69) is 11.4 Å². The number of anilines is 1. The molecule has 0 saturated heterocycles. The molecule has 1 rings (SSSR count). The molecule has 2 nitrogen and oxygen atoms in total. The van der Waals surface area contributed by atoms with E-state index in [4.69, 9.17) is 28.5 Å². The molecule has 1 aromatic rings. The van der Waals surface area contributed by atoms with Crippen LogP contribution >= 0.6 is 23.2 Å². The molecule has 74 valence electrons. The average Bonchev–Trinajstić information content (AvgIpc) is 2.12. The molecular weight excluding hydrogens is 219 g/mol. The summed E-state index contributed by atoms with van der Waals surface area (Å²) in [5.41, 5.74) is 0.766. The molecule has 0 heterocycles. The van der Waals surface area contributed by atoms with E-state index in [0.717, 1.165) is 5.69 Å². The first-order chi connectivity index (χ1) is 6.63. The highest BCUT2D eigenvalue weighted by Gasteiger charge is 2.05. The summed E-state index contributed by atoms with van der Waals surface area (Å²) < 4.78 is 0. The molecule has 1 aromatic carbocycles.